The van der Waals surface area contributed by atoms with E-state index in [0.29, 0.717) is 5.92 Å². The highest BCUT2D eigenvalue weighted by Crippen LogP contribution is 2.46. The van der Waals surface area contributed by atoms with E-state index < -0.39 is 13.7 Å². The summed E-state index contributed by atoms with van der Waals surface area (Å²) in [6, 6.07) is 11.9. The summed E-state index contributed by atoms with van der Waals surface area (Å²) in [5, 5.41) is 13.0. The number of rotatable bonds is 11. The molecule has 0 aliphatic heterocycles. The molecular formula is C24H38OSi. The fourth-order valence-electron chi connectivity index (χ4n) is 4.15. The lowest BCUT2D eigenvalue weighted by atomic mass is 9.92. The highest BCUT2D eigenvalue weighted by atomic mass is 28.3. The predicted molar refractivity (Wildman–Crippen MR) is 118 cm³/mol. The van der Waals surface area contributed by atoms with Crippen molar-refractivity contribution in [2.75, 3.05) is 0 Å². The summed E-state index contributed by atoms with van der Waals surface area (Å²) in [5.74, 6) is 0.533. The maximum atomic E-state index is 11.5. The summed E-state index contributed by atoms with van der Waals surface area (Å²) in [4.78, 5) is 0. The minimum atomic E-state index is -1.62. The van der Waals surface area contributed by atoms with Crippen molar-refractivity contribution in [2.45, 2.75) is 83.5 Å². The summed E-state index contributed by atoms with van der Waals surface area (Å²) < 4.78 is 0. The Morgan fingerprint density at radius 3 is 2.42 bits per heavy atom. The number of hydrogen-bond donors (Lipinski definition) is 1. The third kappa shape index (κ3) is 6.55. The van der Waals surface area contributed by atoms with Crippen molar-refractivity contribution in [1.29, 1.82) is 0 Å². The molecule has 2 rings (SSSR count). The number of hydrogen-bond acceptors (Lipinski definition) is 1. The van der Waals surface area contributed by atoms with E-state index in [9.17, 15) is 5.11 Å². The van der Waals surface area contributed by atoms with Crippen LogP contribution in [0.1, 0.15) is 58.8 Å². The summed E-state index contributed by atoms with van der Waals surface area (Å²) in [5.41, 5.74) is 2.26. The third-order valence-corrected chi connectivity index (χ3v) is 9.28. The molecule has 0 spiro atoms. The highest BCUT2D eigenvalue weighted by molar-refractivity contribution is 6.90. The summed E-state index contributed by atoms with van der Waals surface area (Å²) >= 11 is 0. The molecule has 0 saturated heterocycles. The first-order chi connectivity index (χ1) is 12.2. The zero-order valence-electron chi connectivity index (χ0n) is 17.4. The molecule has 0 aromatic heterocycles. The van der Waals surface area contributed by atoms with Crippen molar-refractivity contribution in [3.63, 3.8) is 0 Å². The van der Waals surface area contributed by atoms with E-state index in [1.165, 1.54) is 29.2 Å². The van der Waals surface area contributed by atoms with Gasteiger partial charge in [-0.25, -0.2) is 0 Å². The van der Waals surface area contributed by atoms with Gasteiger partial charge in [-0.3, -0.25) is 0 Å². The largest absolute Gasteiger partial charge is 0.390 e. The van der Waals surface area contributed by atoms with Crippen LogP contribution in [0.4, 0.5) is 0 Å². The van der Waals surface area contributed by atoms with Gasteiger partial charge in [-0.05, 0) is 70.8 Å². The van der Waals surface area contributed by atoms with Gasteiger partial charge in [0.2, 0.25) is 0 Å². The van der Waals surface area contributed by atoms with Gasteiger partial charge >= 0.3 is 0 Å². The monoisotopic (exact) mass is 370 g/mol. The molecule has 1 aromatic rings. The Hall–Kier alpha value is -1.12. The zero-order chi connectivity index (χ0) is 19.2. The Labute approximate surface area is 162 Å². The smallest absolute Gasteiger partial charge is 0.0834 e. The Morgan fingerprint density at radius 2 is 1.85 bits per heavy atom. The highest BCUT2D eigenvalue weighted by Gasteiger charge is 2.46. The van der Waals surface area contributed by atoms with Gasteiger partial charge in [0.15, 0.2) is 0 Å². The quantitative estimate of drug-likeness (QED) is 0.362. The van der Waals surface area contributed by atoms with Gasteiger partial charge in [0.1, 0.15) is 0 Å². The van der Waals surface area contributed by atoms with E-state index in [2.05, 4.69) is 69.9 Å². The lowest BCUT2D eigenvalue weighted by molar-refractivity contribution is 0.0252. The van der Waals surface area contributed by atoms with Gasteiger partial charge in [0.25, 0.3) is 0 Å². The standard InChI is InChI=1S/C24H38OSi/c1-20(2)11-9-12-21(3)13-10-18-24(25,22-16-17-22)19-26(4,5)23-14-7-6-8-15-23/h6-8,12,14-15,22,25H,1,9-11,13,16-19H2,2-5H3/b21-12+. The Kier molecular flexibility index (Phi) is 7.49. The second-order valence-electron chi connectivity index (χ2n) is 9.20. The minimum absolute atomic E-state index is 0.455. The summed E-state index contributed by atoms with van der Waals surface area (Å²) in [6.45, 7) is 13.1. The van der Waals surface area contributed by atoms with Gasteiger partial charge in [-0.1, -0.05) is 65.8 Å². The van der Waals surface area contributed by atoms with Crippen molar-refractivity contribution in [1.82, 2.24) is 0 Å². The third-order valence-electron chi connectivity index (χ3n) is 5.89. The Morgan fingerprint density at radius 1 is 1.19 bits per heavy atom. The molecule has 1 N–H and O–H groups in total. The molecule has 0 bridgehead atoms. The maximum Gasteiger partial charge on any atom is 0.0834 e. The zero-order valence-corrected chi connectivity index (χ0v) is 18.4. The van der Waals surface area contributed by atoms with Crippen LogP contribution in [-0.4, -0.2) is 18.8 Å². The molecule has 1 aromatic carbocycles. The van der Waals surface area contributed by atoms with E-state index in [1.807, 2.05) is 0 Å². The van der Waals surface area contributed by atoms with Crippen LogP contribution in [-0.2, 0) is 0 Å². The van der Waals surface area contributed by atoms with Gasteiger partial charge in [0.05, 0.1) is 13.7 Å². The molecule has 144 valence electrons. The first-order valence-corrected chi connectivity index (χ1v) is 13.5. The van der Waals surface area contributed by atoms with E-state index in [4.69, 9.17) is 0 Å². The lowest BCUT2D eigenvalue weighted by Gasteiger charge is -2.36. The number of aliphatic hydroxyl groups is 1. The fraction of sp³-hybridized carbons (Fsp3) is 0.583. The predicted octanol–water partition coefficient (Wildman–Crippen LogP) is 6.22. The molecule has 0 radical (unpaired) electrons. The molecule has 1 fully saturated rings. The van der Waals surface area contributed by atoms with E-state index >= 15 is 0 Å². The molecule has 0 heterocycles. The van der Waals surface area contributed by atoms with Crippen LogP contribution in [0.15, 0.2) is 54.1 Å². The van der Waals surface area contributed by atoms with Crippen LogP contribution in [0.2, 0.25) is 19.1 Å². The maximum absolute atomic E-state index is 11.5. The molecule has 1 atom stereocenters. The average Bonchev–Trinajstić information content (AvgIpc) is 3.40. The van der Waals surface area contributed by atoms with Crippen molar-refractivity contribution < 1.29 is 5.11 Å². The normalized spacial score (nSPS) is 17.8. The second-order valence-corrected chi connectivity index (χ2v) is 13.9. The minimum Gasteiger partial charge on any atom is -0.390 e. The van der Waals surface area contributed by atoms with Crippen LogP contribution < -0.4 is 5.19 Å². The summed E-state index contributed by atoms with van der Waals surface area (Å²) in [6.07, 6.45) is 10.1. The van der Waals surface area contributed by atoms with Crippen LogP contribution in [0.5, 0.6) is 0 Å². The molecule has 1 saturated carbocycles. The van der Waals surface area contributed by atoms with E-state index in [-0.39, 0.29) is 0 Å². The van der Waals surface area contributed by atoms with E-state index in [1.54, 1.807) is 0 Å². The molecule has 1 unspecified atom stereocenters. The van der Waals surface area contributed by atoms with Crippen LogP contribution in [0, 0.1) is 5.92 Å². The SMILES string of the molecule is C=C(C)CC/C=C(\C)CCCC(O)(C[Si](C)(C)c1ccccc1)C1CC1. The average molecular weight is 371 g/mol. The first kappa shape index (κ1) is 21.2. The molecule has 1 aliphatic rings. The van der Waals surface area contributed by atoms with Crippen molar-refractivity contribution in [3.8, 4) is 0 Å². The topological polar surface area (TPSA) is 20.2 Å². The van der Waals surface area contributed by atoms with E-state index in [0.717, 1.165) is 38.1 Å². The molecule has 26 heavy (non-hydrogen) atoms. The molecular weight excluding hydrogens is 332 g/mol. The van der Waals surface area contributed by atoms with Gasteiger partial charge < -0.3 is 5.11 Å². The molecule has 0 amide bonds. The molecule has 1 aliphatic carbocycles. The fourth-order valence-corrected chi connectivity index (χ4v) is 7.45. The lowest BCUT2D eigenvalue weighted by Crippen LogP contribution is -2.49. The molecule has 2 heteroatoms. The van der Waals surface area contributed by atoms with Crippen LogP contribution in [0.3, 0.4) is 0 Å². The van der Waals surface area contributed by atoms with Crippen molar-refractivity contribution in [3.05, 3.63) is 54.1 Å². The van der Waals surface area contributed by atoms with Gasteiger partial charge in [-0.15, -0.1) is 6.58 Å². The number of allylic oxidation sites excluding steroid dienone is 3. The van der Waals surface area contributed by atoms with Gasteiger partial charge in [0, 0.05) is 0 Å². The Balaban J connectivity index is 1.92. The van der Waals surface area contributed by atoms with Crippen molar-refractivity contribution in [2.24, 2.45) is 5.92 Å². The number of benzene rings is 1. The van der Waals surface area contributed by atoms with Crippen molar-refractivity contribution >= 4 is 13.3 Å². The summed E-state index contributed by atoms with van der Waals surface area (Å²) in [7, 11) is -1.62. The second kappa shape index (κ2) is 9.19. The van der Waals surface area contributed by atoms with Gasteiger partial charge in [-0.2, -0.15) is 0 Å². The van der Waals surface area contributed by atoms with Crippen LogP contribution in [0.25, 0.3) is 0 Å². The Bertz CT molecular complexity index is 612. The van der Waals surface area contributed by atoms with Crippen LogP contribution >= 0.6 is 0 Å². The molecule has 1 nitrogen and oxygen atoms in total. The first-order valence-electron chi connectivity index (χ1n) is 10.3.